The lowest BCUT2D eigenvalue weighted by Gasteiger charge is -2.19. The predicted octanol–water partition coefficient (Wildman–Crippen LogP) is 6.78. The van der Waals surface area contributed by atoms with Crippen molar-refractivity contribution in [3.63, 3.8) is 0 Å². The van der Waals surface area contributed by atoms with E-state index in [0.29, 0.717) is 35.1 Å². The molecule has 0 heterocycles. The summed E-state index contributed by atoms with van der Waals surface area (Å²) in [5.74, 6) is 1.36. The Hall–Kier alpha value is -1.42. The molecule has 0 amide bonds. The van der Waals surface area contributed by atoms with Crippen molar-refractivity contribution in [2.24, 2.45) is 0 Å². The molecule has 1 N–H and O–H groups in total. The van der Waals surface area contributed by atoms with Crippen molar-refractivity contribution in [3.05, 3.63) is 57.6 Å². The smallest absolute Gasteiger partial charge is 0.163 e. The third kappa shape index (κ3) is 6.04. The highest BCUT2D eigenvalue weighted by molar-refractivity contribution is 6.31. The van der Waals surface area contributed by atoms with Gasteiger partial charge in [0, 0.05) is 34.3 Å². The highest BCUT2D eigenvalue weighted by Crippen LogP contribution is 2.35. The first-order chi connectivity index (χ1) is 13.7. The van der Waals surface area contributed by atoms with Crippen LogP contribution in [0.5, 0.6) is 11.5 Å². The zero-order valence-electron chi connectivity index (χ0n) is 16.5. The molecule has 0 aliphatic heterocycles. The fourth-order valence-corrected chi connectivity index (χ4v) is 4.01. The van der Waals surface area contributed by atoms with Gasteiger partial charge in [0.25, 0.3) is 0 Å². The zero-order chi connectivity index (χ0) is 19.8. The van der Waals surface area contributed by atoms with Crippen LogP contribution in [0.1, 0.15) is 56.6 Å². The minimum absolute atomic E-state index is 0.371. The van der Waals surface area contributed by atoms with Crippen LogP contribution < -0.4 is 14.8 Å². The number of halogens is 2. The summed E-state index contributed by atoms with van der Waals surface area (Å²) in [6.45, 7) is 3.65. The third-order valence-corrected chi connectivity index (χ3v) is 5.91. The maximum absolute atomic E-state index is 6.56. The van der Waals surface area contributed by atoms with E-state index in [1.54, 1.807) is 0 Å². The molecular weight excluding hydrogens is 393 g/mol. The summed E-state index contributed by atoms with van der Waals surface area (Å²) >= 11 is 12.8. The molecule has 2 aromatic carbocycles. The van der Waals surface area contributed by atoms with Crippen LogP contribution in [-0.2, 0) is 13.2 Å². The Kier molecular flexibility index (Phi) is 8.32. The van der Waals surface area contributed by atoms with Gasteiger partial charge in [-0.3, -0.25) is 0 Å². The van der Waals surface area contributed by atoms with Gasteiger partial charge in [0.1, 0.15) is 6.61 Å². The van der Waals surface area contributed by atoms with Gasteiger partial charge in [0.15, 0.2) is 11.5 Å². The van der Waals surface area contributed by atoms with E-state index >= 15 is 0 Å². The van der Waals surface area contributed by atoms with Crippen LogP contribution in [0.15, 0.2) is 36.4 Å². The van der Waals surface area contributed by atoms with Crippen molar-refractivity contribution >= 4 is 23.2 Å². The minimum Gasteiger partial charge on any atom is -0.490 e. The molecular formula is C23H29Cl2NO2. The molecule has 1 saturated carbocycles. The topological polar surface area (TPSA) is 30.5 Å². The summed E-state index contributed by atoms with van der Waals surface area (Å²) in [6, 6.07) is 12.1. The molecule has 1 fully saturated rings. The largest absolute Gasteiger partial charge is 0.490 e. The lowest BCUT2D eigenvalue weighted by molar-refractivity contribution is 0.269. The lowest BCUT2D eigenvalue weighted by atomic mass is 10.1. The Bertz CT molecular complexity index is 758. The number of hydrogen-bond donors (Lipinski definition) is 1. The Morgan fingerprint density at radius 2 is 1.61 bits per heavy atom. The predicted molar refractivity (Wildman–Crippen MR) is 117 cm³/mol. The van der Waals surface area contributed by atoms with Crippen LogP contribution in [0.3, 0.4) is 0 Å². The fourth-order valence-electron chi connectivity index (χ4n) is 3.60. The normalized spacial score (nSPS) is 15.2. The van der Waals surface area contributed by atoms with Gasteiger partial charge in [-0.25, -0.2) is 0 Å². The molecule has 152 valence electrons. The van der Waals surface area contributed by atoms with Crippen LogP contribution in [0, 0.1) is 0 Å². The summed E-state index contributed by atoms with van der Waals surface area (Å²) in [6.07, 6.45) is 7.81. The fraction of sp³-hybridized carbons (Fsp3) is 0.478. The Labute approximate surface area is 178 Å². The quantitative estimate of drug-likeness (QED) is 0.476. The van der Waals surface area contributed by atoms with Crippen molar-refractivity contribution in [1.82, 2.24) is 5.32 Å². The van der Waals surface area contributed by atoms with Gasteiger partial charge in [-0.15, -0.1) is 0 Å². The van der Waals surface area contributed by atoms with Gasteiger partial charge in [0.2, 0.25) is 0 Å². The van der Waals surface area contributed by atoms with Crippen molar-refractivity contribution in [2.45, 2.75) is 64.6 Å². The molecule has 1 aliphatic carbocycles. The van der Waals surface area contributed by atoms with Gasteiger partial charge in [0.05, 0.1) is 6.61 Å². The maximum Gasteiger partial charge on any atom is 0.163 e. The molecule has 0 aromatic heterocycles. The van der Waals surface area contributed by atoms with Gasteiger partial charge in [-0.05, 0) is 37.5 Å². The monoisotopic (exact) mass is 421 g/mol. The van der Waals surface area contributed by atoms with Crippen LogP contribution >= 0.6 is 23.2 Å². The third-order valence-electron chi connectivity index (χ3n) is 5.19. The van der Waals surface area contributed by atoms with E-state index in [-0.39, 0.29) is 0 Å². The second kappa shape index (κ2) is 10.9. The number of nitrogens with one attached hydrogen (secondary N) is 1. The second-order valence-corrected chi connectivity index (χ2v) is 8.09. The molecule has 5 heteroatoms. The number of ether oxygens (including phenoxy) is 2. The Morgan fingerprint density at radius 1 is 0.893 bits per heavy atom. The van der Waals surface area contributed by atoms with Crippen molar-refractivity contribution < 1.29 is 9.47 Å². The summed E-state index contributed by atoms with van der Waals surface area (Å²) in [5.41, 5.74) is 1.97. The molecule has 0 atom stereocenters. The molecule has 3 rings (SSSR count). The highest BCUT2D eigenvalue weighted by atomic mass is 35.5. The molecule has 0 saturated heterocycles. The van der Waals surface area contributed by atoms with Crippen molar-refractivity contribution in [1.29, 1.82) is 0 Å². The zero-order valence-corrected chi connectivity index (χ0v) is 18.0. The number of rotatable bonds is 8. The molecule has 0 spiro atoms. The van der Waals surface area contributed by atoms with Crippen molar-refractivity contribution in [3.8, 4) is 11.5 Å². The van der Waals surface area contributed by atoms with E-state index in [4.69, 9.17) is 32.7 Å². The molecule has 2 aromatic rings. The van der Waals surface area contributed by atoms with Crippen LogP contribution in [-0.4, -0.2) is 12.6 Å². The van der Waals surface area contributed by atoms with Gasteiger partial charge < -0.3 is 14.8 Å². The molecule has 1 aliphatic rings. The average molecular weight is 422 g/mol. The summed E-state index contributed by atoms with van der Waals surface area (Å²) in [4.78, 5) is 0. The van der Waals surface area contributed by atoms with Crippen LogP contribution in [0.25, 0.3) is 0 Å². The second-order valence-electron chi connectivity index (χ2n) is 7.27. The molecule has 28 heavy (non-hydrogen) atoms. The van der Waals surface area contributed by atoms with E-state index in [9.17, 15) is 0 Å². The highest BCUT2D eigenvalue weighted by Gasteiger charge is 2.15. The number of hydrogen-bond acceptors (Lipinski definition) is 3. The average Bonchev–Trinajstić information content (AvgIpc) is 2.97. The SMILES string of the molecule is CCOc1cc(CNC2CCCCCC2)c(Cl)cc1OCc1ccccc1Cl. The maximum atomic E-state index is 6.56. The van der Waals surface area contributed by atoms with Gasteiger partial charge in [-0.2, -0.15) is 0 Å². The van der Waals surface area contributed by atoms with E-state index in [1.165, 1.54) is 38.5 Å². The molecule has 0 bridgehead atoms. The van der Waals surface area contributed by atoms with E-state index in [1.807, 2.05) is 43.3 Å². The molecule has 3 nitrogen and oxygen atoms in total. The standard InChI is InChI=1S/C23H29Cl2NO2/c1-2-27-22-13-18(15-26-19-10-5-3-4-6-11-19)21(25)14-23(22)28-16-17-9-7-8-12-20(17)24/h7-9,12-14,19,26H,2-6,10-11,15-16H2,1H3. The number of benzene rings is 2. The van der Waals surface area contributed by atoms with Gasteiger partial charge >= 0.3 is 0 Å². The van der Waals surface area contributed by atoms with E-state index < -0.39 is 0 Å². The van der Waals surface area contributed by atoms with E-state index in [2.05, 4.69) is 5.32 Å². The first kappa shape index (κ1) is 21.3. The summed E-state index contributed by atoms with van der Waals surface area (Å²) < 4.78 is 11.8. The Morgan fingerprint density at radius 3 is 2.32 bits per heavy atom. The van der Waals surface area contributed by atoms with Crippen molar-refractivity contribution in [2.75, 3.05) is 6.61 Å². The van der Waals surface area contributed by atoms with E-state index in [0.717, 1.165) is 23.4 Å². The molecule has 0 radical (unpaired) electrons. The lowest BCUT2D eigenvalue weighted by Crippen LogP contribution is -2.28. The first-order valence-electron chi connectivity index (χ1n) is 10.2. The van der Waals surface area contributed by atoms with Crippen LogP contribution in [0.4, 0.5) is 0 Å². The summed E-state index contributed by atoms with van der Waals surface area (Å²) in [5, 5.41) is 5.06. The Balaban J connectivity index is 1.69. The first-order valence-corrected chi connectivity index (χ1v) is 11.0. The van der Waals surface area contributed by atoms with Gasteiger partial charge in [-0.1, -0.05) is 67.1 Å². The summed E-state index contributed by atoms with van der Waals surface area (Å²) in [7, 11) is 0. The van der Waals surface area contributed by atoms with Crippen LogP contribution in [0.2, 0.25) is 10.0 Å². The minimum atomic E-state index is 0.371. The molecule has 0 unspecified atom stereocenters.